The van der Waals surface area contributed by atoms with Crippen LogP contribution in [0.25, 0.3) is 11.4 Å². The van der Waals surface area contributed by atoms with Crippen LogP contribution in [0.4, 0.5) is 5.69 Å². The Kier molecular flexibility index (Phi) is 6.86. The molecule has 0 saturated carbocycles. The van der Waals surface area contributed by atoms with Gasteiger partial charge >= 0.3 is 5.97 Å². The molecule has 4 aromatic rings. The number of para-hydroxylation sites is 1. The van der Waals surface area contributed by atoms with E-state index in [9.17, 15) is 9.59 Å². The van der Waals surface area contributed by atoms with Crippen molar-refractivity contribution in [3.05, 3.63) is 78.4 Å². The maximum absolute atomic E-state index is 12.8. The van der Waals surface area contributed by atoms with E-state index in [4.69, 9.17) is 21.4 Å². The molecule has 166 valence electrons. The molecule has 4 rings (SSSR count). The van der Waals surface area contributed by atoms with Crippen LogP contribution < -0.4 is 10.1 Å². The molecular weight excluding hydrogens is 466 g/mol. The number of aromatic amines is 1. The van der Waals surface area contributed by atoms with Crippen molar-refractivity contribution in [3.63, 3.8) is 0 Å². The number of nitrogens with one attached hydrogen (secondary N) is 2. The molecule has 0 spiro atoms. The first kappa shape index (κ1) is 22.3. The van der Waals surface area contributed by atoms with E-state index in [-0.39, 0.29) is 11.7 Å². The predicted molar refractivity (Wildman–Crippen MR) is 122 cm³/mol. The van der Waals surface area contributed by atoms with Crippen molar-refractivity contribution in [3.8, 4) is 17.1 Å². The van der Waals surface area contributed by atoms with Crippen LogP contribution in [0.2, 0.25) is 0 Å². The number of H-pyrrole nitrogens is 1. The molecule has 11 heteroatoms. The Morgan fingerprint density at radius 2 is 1.70 bits per heavy atom. The highest BCUT2D eigenvalue weighted by Crippen LogP contribution is 2.38. The van der Waals surface area contributed by atoms with E-state index >= 15 is 0 Å². The van der Waals surface area contributed by atoms with E-state index < -0.39 is 11.5 Å². The number of carbonyl (C=O) groups is 2. The summed E-state index contributed by atoms with van der Waals surface area (Å²) in [4.78, 5) is 25.3. The van der Waals surface area contributed by atoms with Crippen molar-refractivity contribution in [2.75, 3.05) is 5.32 Å². The number of tetrazole rings is 1. The molecule has 0 radical (unpaired) electrons. The number of anilines is 1. The van der Waals surface area contributed by atoms with Crippen molar-refractivity contribution in [1.29, 1.82) is 0 Å². The molecular formula is C22H16ClN5O4S. The second-order valence-corrected chi connectivity index (χ2v) is 8.08. The fourth-order valence-corrected chi connectivity index (χ4v) is 3.99. The summed E-state index contributed by atoms with van der Waals surface area (Å²) in [7, 11) is 0. The number of carboxylic acid groups (broad SMARTS) is 1. The lowest BCUT2D eigenvalue weighted by Gasteiger charge is -2.13. The smallest absolute Gasteiger partial charge is 0.360 e. The molecule has 3 N–H and O–H groups in total. The molecule has 1 amide bonds. The number of carbonyl (C=O) groups excluding carboxylic acids is 1. The maximum Gasteiger partial charge on any atom is 0.360 e. The fourth-order valence-electron chi connectivity index (χ4n) is 2.85. The molecule has 0 fully saturated rings. The van der Waals surface area contributed by atoms with Crippen LogP contribution in [0.1, 0.15) is 10.4 Å². The van der Waals surface area contributed by atoms with Crippen molar-refractivity contribution in [2.24, 2.45) is 0 Å². The number of rotatable bonds is 8. The molecule has 9 nitrogen and oxygen atoms in total. The molecule has 1 aromatic heterocycles. The first-order valence-corrected chi connectivity index (χ1v) is 10.8. The molecule has 3 aromatic carbocycles. The van der Waals surface area contributed by atoms with Gasteiger partial charge in [0.15, 0.2) is 5.82 Å². The summed E-state index contributed by atoms with van der Waals surface area (Å²) in [5.74, 6) is -0.843. The molecule has 1 atom stereocenters. The average molecular weight is 482 g/mol. The number of hydrogen-bond donors (Lipinski definition) is 3. The standard InChI is InChI=1S/C22H16ClN5O4S/c23-19(22(30)31)32-14-11-9-13(10-12-14)21(29)24-16-6-2-4-8-18(16)33-17-7-3-1-5-15(17)20-25-27-28-26-20/h1-12,19H,(H,24,29)(H,30,31)(H,25,26,27,28). The van der Waals surface area contributed by atoms with E-state index in [1.54, 1.807) is 6.07 Å². The quantitative estimate of drug-likeness (QED) is 0.317. The van der Waals surface area contributed by atoms with E-state index in [0.717, 1.165) is 15.4 Å². The molecule has 0 aliphatic heterocycles. The summed E-state index contributed by atoms with van der Waals surface area (Å²) < 4.78 is 5.07. The molecule has 0 saturated heterocycles. The zero-order valence-corrected chi connectivity index (χ0v) is 18.4. The number of hydrogen-bond acceptors (Lipinski definition) is 7. The molecule has 0 bridgehead atoms. The molecule has 1 heterocycles. The van der Waals surface area contributed by atoms with Crippen LogP contribution >= 0.6 is 23.4 Å². The van der Waals surface area contributed by atoms with Crippen LogP contribution in [-0.2, 0) is 4.79 Å². The number of alkyl halides is 1. The van der Waals surface area contributed by atoms with Crippen LogP contribution in [0.5, 0.6) is 5.75 Å². The van der Waals surface area contributed by atoms with Crippen LogP contribution in [0, 0.1) is 0 Å². The summed E-state index contributed by atoms with van der Waals surface area (Å²) in [6.45, 7) is 0. The van der Waals surface area contributed by atoms with E-state index in [1.807, 2.05) is 42.5 Å². The SMILES string of the molecule is O=C(Nc1ccccc1Sc1ccccc1-c1nnn[nH]1)c1ccc(OC(Cl)C(=O)O)cc1. The van der Waals surface area contributed by atoms with Gasteiger partial charge in [-0.25, -0.2) is 9.89 Å². The monoisotopic (exact) mass is 481 g/mol. The number of nitrogens with zero attached hydrogens (tertiary/aromatic N) is 3. The summed E-state index contributed by atoms with van der Waals surface area (Å²) in [6.07, 6.45) is 0. The summed E-state index contributed by atoms with van der Waals surface area (Å²) >= 11 is 7.04. The third-order valence-electron chi connectivity index (χ3n) is 4.39. The van der Waals surface area contributed by atoms with Gasteiger partial charge in [0.2, 0.25) is 0 Å². The minimum atomic E-state index is -1.51. The largest absolute Gasteiger partial charge is 0.478 e. The topological polar surface area (TPSA) is 130 Å². The van der Waals surface area contributed by atoms with Crippen molar-refractivity contribution in [1.82, 2.24) is 20.6 Å². The van der Waals surface area contributed by atoms with Gasteiger partial charge in [-0.3, -0.25) is 4.79 Å². The first-order valence-electron chi connectivity index (χ1n) is 9.56. The number of aromatic nitrogens is 4. The zero-order chi connectivity index (χ0) is 23.2. The van der Waals surface area contributed by atoms with Gasteiger partial charge in [-0.1, -0.05) is 47.6 Å². The minimum absolute atomic E-state index is 0.239. The van der Waals surface area contributed by atoms with Crippen molar-refractivity contribution in [2.45, 2.75) is 15.4 Å². The van der Waals surface area contributed by atoms with Crippen LogP contribution in [-0.4, -0.2) is 43.2 Å². The number of ether oxygens (including phenoxy) is 1. The normalized spacial score (nSPS) is 11.5. The first-order chi connectivity index (χ1) is 16.0. The van der Waals surface area contributed by atoms with Gasteiger partial charge in [0.05, 0.1) is 5.69 Å². The van der Waals surface area contributed by atoms with Crippen molar-refractivity contribution >= 4 is 40.9 Å². The highest BCUT2D eigenvalue weighted by molar-refractivity contribution is 7.99. The third-order valence-corrected chi connectivity index (χ3v) is 5.82. The van der Waals surface area contributed by atoms with E-state index in [0.29, 0.717) is 17.1 Å². The highest BCUT2D eigenvalue weighted by atomic mass is 35.5. The second kappa shape index (κ2) is 10.2. The Balaban J connectivity index is 1.51. The summed E-state index contributed by atoms with van der Waals surface area (Å²) in [6, 6.07) is 21.1. The lowest BCUT2D eigenvalue weighted by molar-refractivity contribution is -0.141. The second-order valence-electron chi connectivity index (χ2n) is 6.59. The Labute approximate surface area is 197 Å². The van der Waals surface area contributed by atoms with E-state index in [2.05, 4.69) is 25.9 Å². The number of amides is 1. The Hall–Kier alpha value is -3.89. The summed E-state index contributed by atoms with van der Waals surface area (Å²) in [5.41, 5.74) is 0.328. The van der Waals surface area contributed by atoms with Gasteiger partial charge < -0.3 is 15.2 Å². The van der Waals surface area contributed by atoms with Crippen molar-refractivity contribution < 1.29 is 19.4 Å². The predicted octanol–water partition coefficient (Wildman–Crippen LogP) is 4.30. The average Bonchev–Trinajstić information content (AvgIpc) is 3.36. The van der Waals surface area contributed by atoms with Gasteiger partial charge in [0.1, 0.15) is 5.75 Å². The minimum Gasteiger partial charge on any atom is -0.478 e. The maximum atomic E-state index is 12.8. The number of carboxylic acids is 1. The molecule has 0 aliphatic carbocycles. The number of aliphatic carboxylic acids is 1. The molecule has 33 heavy (non-hydrogen) atoms. The zero-order valence-electron chi connectivity index (χ0n) is 16.8. The Morgan fingerprint density at radius 3 is 2.39 bits per heavy atom. The molecule has 0 aliphatic rings. The Bertz CT molecular complexity index is 1270. The van der Waals surface area contributed by atoms with Gasteiger partial charge in [0, 0.05) is 20.9 Å². The van der Waals surface area contributed by atoms with Gasteiger partial charge in [-0.2, -0.15) is 0 Å². The third kappa shape index (κ3) is 5.48. The molecule has 1 unspecified atom stereocenters. The van der Waals surface area contributed by atoms with E-state index in [1.165, 1.54) is 36.0 Å². The van der Waals surface area contributed by atoms with Crippen LogP contribution in [0.3, 0.4) is 0 Å². The Morgan fingerprint density at radius 1 is 1.00 bits per heavy atom. The highest BCUT2D eigenvalue weighted by Gasteiger charge is 2.16. The van der Waals surface area contributed by atoms with Crippen LogP contribution in [0.15, 0.2) is 82.6 Å². The number of halogens is 1. The number of benzene rings is 3. The fraction of sp³-hybridized carbons (Fsp3) is 0.0455. The lowest BCUT2D eigenvalue weighted by atomic mass is 10.2. The van der Waals surface area contributed by atoms with Gasteiger partial charge in [0.25, 0.3) is 11.5 Å². The summed E-state index contributed by atoms with van der Waals surface area (Å²) in [5, 5.41) is 25.7. The van der Waals surface area contributed by atoms with Gasteiger partial charge in [-0.15, -0.1) is 5.10 Å². The lowest BCUT2D eigenvalue weighted by Crippen LogP contribution is -2.20. The van der Waals surface area contributed by atoms with Gasteiger partial charge in [-0.05, 0) is 59.0 Å².